The first-order valence-electron chi connectivity index (χ1n) is 7.38. The third-order valence-corrected chi connectivity index (χ3v) is 1.64. The molecule has 0 spiro atoms. The predicted octanol–water partition coefficient (Wildman–Crippen LogP) is 2.08. The van der Waals surface area contributed by atoms with E-state index in [9.17, 15) is 8.78 Å². The SMILES string of the molecule is [2H]c1nc(N2C([2H])([2H])C([2H])([2H])C(F)(F)C2([2H])[2H])nc([2H])c1Br. The molecular weight excluding hydrogens is 256 g/mol. The van der Waals surface area contributed by atoms with E-state index < -0.39 is 43.6 Å². The Hall–Kier alpha value is -0.780. The molecule has 3 nitrogen and oxygen atoms in total. The zero-order valence-corrected chi connectivity index (χ0v) is 8.06. The van der Waals surface area contributed by atoms with Crippen molar-refractivity contribution in [3.05, 3.63) is 16.8 Å². The van der Waals surface area contributed by atoms with Crippen LogP contribution in [-0.2, 0) is 0 Å². The highest BCUT2D eigenvalue weighted by molar-refractivity contribution is 9.10. The predicted molar refractivity (Wildman–Crippen MR) is 51.5 cm³/mol. The van der Waals surface area contributed by atoms with Crippen molar-refractivity contribution in [2.45, 2.75) is 12.3 Å². The lowest BCUT2D eigenvalue weighted by Crippen LogP contribution is -2.26. The molecular formula is C8H8BrF2N3. The lowest BCUT2D eigenvalue weighted by molar-refractivity contribution is 0.0256. The third-order valence-electron chi connectivity index (χ3n) is 1.29. The van der Waals surface area contributed by atoms with E-state index in [0.29, 0.717) is 0 Å². The van der Waals surface area contributed by atoms with Crippen LogP contribution in [0.25, 0.3) is 0 Å². The summed E-state index contributed by atoms with van der Waals surface area (Å²) in [6.45, 7) is -7.31. The van der Waals surface area contributed by atoms with Crippen molar-refractivity contribution >= 4 is 21.9 Å². The number of hydrogen-bond acceptors (Lipinski definition) is 3. The van der Waals surface area contributed by atoms with Gasteiger partial charge >= 0.3 is 0 Å². The van der Waals surface area contributed by atoms with Crippen LogP contribution >= 0.6 is 15.9 Å². The molecule has 1 aliphatic heterocycles. The maximum Gasteiger partial charge on any atom is 0.267 e. The molecule has 14 heavy (non-hydrogen) atoms. The molecule has 0 saturated carbocycles. The van der Waals surface area contributed by atoms with E-state index in [-0.39, 0.29) is 9.37 Å². The van der Waals surface area contributed by atoms with Gasteiger partial charge in [0, 0.05) is 30.7 Å². The summed E-state index contributed by atoms with van der Waals surface area (Å²) in [6.07, 6.45) is -5.17. The molecule has 2 rings (SSSR count). The van der Waals surface area contributed by atoms with Crippen LogP contribution in [-0.4, -0.2) is 28.9 Å². The molecule has 76 valence electrons. The summed E-state index contributed by atoms with van der Waals surface area (Å²) in [6, 6.07) is 0. The third kappa shape index (κ3) is 2.00. The second kappa shape index (κ2) is 3.42. The summed E-state index contributed by atoms with van der Waals surface area (Å²) in [5, 5.41) is 0. The normalized spacial score (nSPS) is 39.2. The first-order valence-corrected chi connectivity index (χ1v) is 4.18. The van der Waals surface area contributed by atoms with Gasteiger partial charge in [-0.15, -0.1) is 0 Å². The average molecular weight is 272 g/mol. The van der Waals surface area contributed by atoms with Crippen LogP contribution in [0.15, 0.2) is 16.8 Å². The molecule has 1 aliphatic rings. The quantitative estimate of drug-likeness (QED) is 0.783. The first-order chi connectivity index (χ1) is 9.69. The largest absolute Gasteiger partial charge is 0.335 e. The summed E-state index contributed by atoms with van der Waals surface area (Å²) in [5.74, 6) is -5.72. The molecule has 0 unspecified atom stereocenters. The highest BCUT2D eigenvalue weighted by atomic mass is 79.9. The monoisotopic (exact) mass is 271 g/mol. The minimum absolute atomic E-state index is 0.189. The standard InChI is InChI=1S/C8H8BrF2N3/c9-6-3-12-7(13-4-6)14-2-1-8(10,11)5-14/h3-4H,1-2,5H2/i1D2,2D2,3D,4D,5D2. The van der Waals surface area contributed by atoms with Gasteiger partial charge in [0.2, 0.25) is 5.95 Å². The Morgan fingerprint density at radius 1 is 1.57 bits per heavy atom. The molecule has 1 fully saturated rings. The van der Waals surface area contributed by atoms with E-state index in [2.05, 4.69) is 25.9 Å². The van der Waals surface area contributed by atoms with E-state index in [1.165, 1.54) is 0 Å². The lowest BCUT2D eigenvalue weighted by Gasteiger charge is -2.14. The lowest BCUT2D eigenvalue weighted by atomic mass is 10.3. The molecule has 0 N–H and O–H groups in total. The van der Waals surface area contributed by atoms with Crippen molar-refractivity contribution in [3.63, 3.8) is 0 Å². The Balaban J connectivity index is 2.74. The Morgan fingerprint density at radius 2 is 2.21 bits per heavy atom. The van der Waals surface area contributed by atoms with E-state index in [1.807, 2.05) is 0 Å². The van der Waals surface area contributed by atoms with Crippen molar-refractivity contribution in [1.82, 2.24) is 9.97 Å². The van der Waals surface area contributed by atoms with Gasteiger partial charge in [-0.25, -0.2) is 18.7 Å². The maximum absolute atomic E-state index is 14.0. The van der Waals surface area contributed by atoms with Gasteiger partial charge in [-0.3, -0.25) is 0 Å². The van der Waals surface area contributed by atoms with Crippen molar-refractivity contribution in [2.75, 3.05) is 17.9 Å². The van der Waals surface area contributed by atoms with Crippen LogP contribution in [0.4, 0.5) is 14.7 Å². The summed E-state index contributed by atoms with van der Waals surface area (Å²) in [4.78, 5) is 6.48. The molecule has 0 amide bonds. The van der Waals surface area contributed by atoms with Crippen LogP contribution in [0.5, 0.6) is 0 Å². The Morgan fingerprint density at radius 3 is 2.71 bits per heavy atom. The van der Waals surface area contributed by atoms with Crippen molar-refractivity contribution < 1.29 is 19.7 Å². The van der Waals surface area contributed by atoms with E-state index in [4.69, 9.17) is 11.0 Å². The Labute approximate surface area is 99.5 Å². The van der Waals surface area contributed by atoms with Crippen LogP contribution in [0, 0.1) is 0 Å². The van der Waals surface area contributed by atoms with Gasteiger partial charge in [-0.1, -0.05) is 0 Å². The second-order valence-electron chi connectivity index (χ2n) is 2.32. The van der Waals surface area contributed by atoms with Gasteiger partial charge in [-0.05, 0) is 15.9 Å². The summed E-state index contributed by atoms with van der Waals surface area (Å²) < 4.78 is 87.3. The van der Waals surface area contributed by atoms with E-state index in [0.717, 1.165) is 0 Å². The smallest absolute Gasteiger partial charge is 0.267 e. The van der Waals surface area contributed by atoms with E-state index >= 15 is 0 Å². The highest BCUT2D eigenvalue weighted by Crippen LogP contribution is 2.28. The summed E-state index contributed by atoms with van der Waals surface area (Å²) in [5.41, 5.74) is 0. The molecule has 2 heterocycles. The number of anilines is 1. The summed E-state index contributed by atoms with van der Waals surface area (Å²) in [7, 11) is 0. The molecule has 0 aromatic carbocycles. The number of halogens is 3. The number of alkyl halides is 2. The van der Waals surface area contributed by atoms with Gasteiger partial charge in [0.1, 0.15) is 0 Å². The molecule has 0 bridgehead atoms. The van der Waals surface area contributed by atoms with Gasteiger partial charge in [0.15, 0.2) is 0 Å². The second-order valence-corrected chi connectivity index (χ2v) is 3.11. The molecule has 0 aliphatic carbocycles. The van der Waals surface area contributed by atoms with Gasteiger partial charge in [0.05, 0.1) is 16.5 Å². The Kier molecular flexibility index (Phi) is 0.976. The topological polar surface area (TPSA) is 29.0 Å². The fraction of sp³-hybridized carbons (Fsp3) is 0.500. The van der Waals surface area contributed by atoms with Crippen molar-refractivity contribution in [3.8, 4) is 0 Å². The first kappa shape index (κ1) is 4.00. The van der Waals surface area contributed by atoms with E-state index in [1.54, 1.807) is 0 Å². The van der Waals surface area contributed by atoms with Crippen LogP contribution < -0.4 is 4.90 Å². The minimum Gasteiger partial charge on any atom is -0.335 e. The molecule has 6 heteroatoms. The zero-order chi connectivity index (χ0) is 17.3. The van der Waals surface area contributed by atoms with Gasteiger partial charge in [-0.2, -0.15) is 0 Å². The molecule has 1 saturated heterocycles. The molecule has 0 radical (unpaired) electrons. The fourth-order valence-electron chi connectivity index (χ4n) is 0.771. The summed E-state index contributed by atoms with van der Waals surface area (Å²) >= 11 is 2.80. The highest BCUT2D eigenvalue weighted by Gasteiger charge is 2.39. The van der Waals surface area contributed by atoms with Gasteiger partial charge in [0.25, 0.3) is 5.92 Å². The van der Waals surface area contributed by atoms with Crippen molar-refractivity contribution in [2.24, 2.45) is 0 Å². The minimum atomic E-state index is -4.72. The number of hydrogen-bond donors (Lipinski definition) is 0. The number of rotatable bonds is 1. The molecule has 0 atom stereocenters. The van der Waals surface area contributed by atoms with Crippen LogP contribution in [0.3, 0.4) is 0 Å². The van der Waals surface area contributed by atoms with Gasteiger partial charge < -0.3 is 4.90 Å². The molecule has 1 aromatic rings. The average Bonchev–Trinajstić information content (AvgIpc) is 2.40. The maximum atomic E-state index is 14.0. The fourth-order valence-corrected chi connectivity index (χ4v) is 0.948. The molecule has 1 aromatic heterocycles. The number of aromatic nitrogens is 2. The van der Waals surface area contributed by atoms with Crippen molar-refractivity contribution in [1.29, 1.82) is 0 Å². The zero-order valence-electron chi connectivity index (χ0n) is 14.5. The number of nitrogens with zero attached hydrogens (tertiary/aromatic N) is 3. The van der Waals surface area contributed by atoms with Crippen LogP contribution in [0.2, 0.25) is 0 Å². The van der Waals surface area contributed by atoms with Crippen LogP contribution in [0.1, 0.15) is 17.3 Å². The Bertz CT molecular complexity index is 591.